The van der Waals surface area contributed by atoms with Crippen molar-refractivity contribution < 1.29 is 4.74 Å². The van der Waals surface area contributed by atoms with E-state index in [9.17, 15) is 0 Å². The fourth-order valence-electron chi connectivity index (χ4n) is 2.90. The van der Waals surface area contributed by atoms with E-state index in [4.69, 9.17) is 4.74 Å². The number of ether oxygens (including phenoxy) is 1. The maximum atomic E-state index is 5.12. The predicted molar refractivity (Wildman–Crippen MR) is 85.8 cm³/mol. The summed E-state index contributed by atoms with van der Waals surface area (Å²) >= 11 is 0. The normalized spacial score (nSPS) is 19.1. The van der Waals surface area contributed by atoms with Crippen molar-refractivity contribution in [2.24, 2.45) is 5.92 Å². The van der Waals surface area contributed by atoms with Gasteiger partial charge in [0.15, 0.2) is 0 Å². The number of hydrogen-bond acceptors (Lipinski definition) is 5. The topological polar surface area (TPSA) is 50.3 Å². The summed E-state index contributed by atoms with van der Waals surface area (Å²) in [5.74, 6) is 2.55. The molecule has 118 valence electrons. The van der Waals surface area contributed by atoms with Crippen molar-refractivity contribution in [3.63, 3.8) is 0 Å². The molecule has 5 nitrogen and oxygen atoms in total. The van der Waals surface area contributed by atoms with Gasteiger partial charge in [-0.15, -0.1) is 0 Å². The Morgan fingerprint density at radius 1 is 1.29 bits per heavy atom. The molecule has 0 aromatic carbocycles. The van der Waals surface area contributed by atoms with E-state index in [2.05, 4.69) is 27.1 Å². The summed E-state index contributed by atoms with van der Waals surface area (Å²) in [6.45, 7) is 11.5. The van der Waals surface area contributed by atoms with Crippen LogP contribution >= 0.6 is 0 Å². The van der Waals surface area contributed by atoms with Gasteiger partial charge in [-0.3, -0.25) is 0 Å². The minimum Gasteiger partial charge on any atom is -0.385 e. The highest BCUT2D eigenvalue weighted by Gasteiger charge is 2.22. The van der Waals surface area contributed by atoms with Crippen molar-refractivity contribution in [3.05, 3.63) is 17.1 Å². The molecule has 2 heterocycles. The van der Waals surface area contributed by atoms with E-state index in [1.807, 2.05) is 13.8 Å². The van der Waals surface area contributed by atoms with E-state index in [-0.39, 0.29) is 0 Å². The van der Waals surface area contributed by atoms with E-state index < -0.39 is 0 Å². The first-order chi connectivity index (χ1) is 10.1. The number of anilines is 1. The van der Waals surface area contributed by atoms with Crippen molar-refractivity contribution in [2.45, 2.75) is 33.6 Å². The Morgan fingerprint density at radius 2 is 2.10 bits per heavy atom. The standard InChI is InChI=1S/C16H28N4O/c1-12-13(2)18-14(3)19-16(12)17-10-15-6-8-20(11-15)7-5-9-21-4/h15H,5-11H2,1-4H3,(H,17,18,19). The Bertz CT molecular complexity index is 464. The Labute approximate surface area is 128 Å². The van der Waals surface area contributed by atoms with Gasteiger partial charge in [0.25, 0.3) is 0 Å². The van der Waals surface area contributed by atoms with Gasteiger partial charge in [0.2, 0.25) is 0 Å². The van der Waals surface area contributed by atoms with E-state index >= 15 is 0 Å². The molecule has 21 heavy (non-hydrogen) atoms. The minimum atomic E-state index is 0.711. The molecule has 0 amide bonds. The van der Waals surface area contributed by atoms with E-state index in [0.717, 1.165) is 49.0 Å². The summed E-state index contributed by atoms with van der Waals surface area (Å²) < 4.78 is 5.12. The first-order valence-electron chi connectivity index (χ1n) is 7.87. The second kappa shape index (κ2) is 7.71. The van der Waals surface area contributed by atoms with Gasteiger partial charge < -0.3 is 15.0 Å². The lowest BCUT2D eigenvalue weighted by molar-refractivity contribution is 0.178. The Balaban J connectivity index is 1.79. The number of aryl methyl sites for hydroxylation is 2. The fraction of sp³-hybridized carbons (Fsp3) is 0.750. The fourth-order valence-corrected chi connectivity index (χ4v) is 2.90. The van der Waals surface area contributed by atoms with Gasteiger partial charge in [-0.2, -0.15) is 0 Å². The molecule has 1 aromatic rings. The number of nitrogens with zero attached hydrogens (tertiary/aromatic N) is 3. The predicted octanol–water partition coefficient (Wildman–Crippen LogP) is 2.17. The molecule has 1 aliphatic rings. The third kappa shape index (κ3) is 4.64. The Kier molecular flexibility index (Phi) is 5.94. The molecule has 5 heteroatoms. The molecule has 0 aliphatic carbocycles. The lowest BCUT2D eigenvalue weighted by atomic mass is 10.1. The molecular weight excluding hydrogens is 264 g/mol. The SMILES string of the molecule is COCCCN1CCC(CNc2nc(C)nc(C)c2C)C1. The minimum absolute atomic E-state index is 0.711. The monoisotopic (exact) mass is 292 g/mol. The average molecular weight is 292 g/mol. The summed E-state index contributed by atoms with van der Waals surface area (Å²) in [5.41, 5.74) is 2.23. The number of likely N-dealkylation sites (tertiary alicyclic amines) is 1. The number of methoxy groups -OCH3 is 1. The van der Waals surface area contributed by atoms with Crippen molar-refractivity contribution >= 4 is 5.82 Å². The second-order valence-electron chi connectivity index (χ2n) is 6.01. The average Bonchev–Trinajstić information content (AvgIpc) is 2.89. The molecular formula is C16H28N4O. The van der Waals surface area contributed by atoms with Crippen molar-refractivity contribution in [1.29, 1.82) is 0 Å². The third-order valence-corrected chi connectivity index (χ3v) is 4.25. The maximum Gasteiger partial charge on any atom is 0.132 e. The molecule has 1 aliphatic heterocycles. The molecule has 1 saturated heterocycles. The summed E-state index contributed by atoms with van der Waals surface area (Å²) in [6.07, 6.45) is 2.39. The molecule has 1 N–H and O–H groups in total. The highest BCUT2D eigenvalue weighted by atomic mass is 16.5. The van der Waals surface area contributed by atoms with E-state index in [1.54, 1.807) is 7.11 Å². The first kappa shape index (κ1) is 16.2. The van der Waals surface area contributed by atoms with Gasteiger partial charge in [0.1, 0.15) is 11.6 Å². The van der Waals surface area contributed by atoms with Crippen LogP contribution in [0.3, 0.4) is 0 Å². The maximum absolute atomic E-state index is 5.12. The molecule has 1 unspecified atom stereocenters. The zero-order chi connectivity index (χ0) is 15.2. The molecule has 0 bridgehead atoms. The van der Waals surface area contributed by atoms with Gasteiger partial charge >= 0.3 is 0 Å². The number of aromatic nitrogens is 2. The van der Waals surface area contributed by atoms with Gasteiger partial charge in [-0.05, 0) is 46.1 Å². The number of rotatable bonds is 7. The first-order valence-corrected chi connectivity index (χ1v) is 7.87. The quantitative estimate of drug-likeness (QED) is 0.781. The van der Waals surface area contributed by atoms with Crippen LogP contribution in [-0.4, -0.2) is 54.8 Å². The summed E-state index contributed by atoms with van der Waals surface area (Å²) in [7, 11) is 1.77. The molecule has 1 fully saturated rings. The van der Waals surface area contributed by atoms with Crippen molar-refractivity contribution in [2.75, 3.05) is 45.2 Å². The summed E-state index contributed by atoms with van der Waals surface area (Å²) in [4.78, 5) is 11.5. The lowest BCUT2D eigenvalue weighted by Crippen LogP contribution is -2.25. The second-order valence-corrected chi connectivity index (χ2v) is 6.01. The van der Waals surface area contributed by atoms with Gasteiger partial charge in [0.05, 0.1) is 0 Å². The van der Waals surface area contributed by atoms with E-state index in [0.29, 0.717) is 5.92 Å². The van der Waals surface area contributed by atoms with Crippen molar-refractivity contribution in [3.8, 4) is 0 Å². The molecule has 1 atom stereocenters. The van der Waals surface area contributed by atoms with Crippen LogP contribution in [-0.2, 0) is 4.74 Å². The van der Waals surface area contributed by atoms with Crippen LogP contribution in [0.2, 0.25) is 0 Å². The van der Waals surface area contributed by atoms with Crippen LogP contribution in [0.4, 0.5) is 5.82 Å². The van der Waals surface area contributed by atoms with Crippen molar-refractivity contribution in [1.82, 2.24) is 14.9 Å². The van der Waals surface area contributed by atoms with E-state index in [1.165, 1.54) is 19.5 Å². The molecule has 2 rings (SSSR count). The molecule has 0 radical (unpaired) electrons. The zero-order valence-electron chi connectivity index (χ0n) is 13.8. The van der Waals surface area contributed by atoms with Gasteiger partial charge in [0, 0.05) is 44.6 Å². The summed E-state index contributed by atoms with van der Waals surface area (Å²) in [6, 6.07) is 0. The smallest absolute Gasteiger partial charge is 0.132 e. The van der Waals surface area contributed by atoms with Crippen LogP contribution in [0.1, 0.15) is 29.9 Å². The third-order valence-electron chi connectivity index (χ3n) is 4.25. The van der Waals surface area contributed by atoms with Gasteiger partial charge in [-0.1, -0.05) is 0 Å². The number of hydrogen-bond donors (Lipinski definition) is 1. The molecule has 0 spiro atoms. The highest BCUT2D eigenvalue weighted by molar-refractivity contribution is 5.45. The Hall–Kier alpha value is -1.20. The largest absolute Gasteiger partial charge is 0.385 e. The van der Waals surface area contributed by atoms with Gasteiger partial charge in [-0.25, -0.2) is 9.97 Å². The highest BCUT2D eigenvalue weighted by Crippen LogP contribution is 2.19. The zero-order valence-corrected chi connectivity index (χ0v) is 13.8. The van der Waals surface area contributed by atoms with Crippen LogP contribution in [0.25, 0.3) is 0 Å². The van der Waals surface area contributed by atoms with Crippen LogP contribution in [0.5, 0.6) is 0 Å². The summed E-state index contributed by atoms with van der Waals surface area (Å²) in [5, 5.41) is 3.52. The van der Waals surface area contributed by atoms with Crippen LogP contribution < -0.4 is 5.32 Å². The number of nitrogens with one attached hydrogen (secondary N) is 1. The molecule has 1 aromatic heterocycles. The van der Waals surface area contributed by atoms with Crippen LogP contribution in [0, 0.1) is 26.7 Å². The Morgan fingerprint density at radius 3 is 2.86 bits per heavy atom. The van der Waals surface area contributed by atoms with Crippen LogP contribution in [0.15, 0.2) is 0 Å². The molecule has 0 saturated carbocycles. The lowest BCUT2D eigenvalue weighted by Gasteiger charge is -2.17.